The minimum absolute atomic E-state index is 0.00344. The molecule has 1 rings (SSSR count). The lowest BCUT2D eigenvalue weighted by Gasteiger charge is -2.23. The van der Waals surface area contributed by atoms with Crippen molar-refractivity contribution in [2.24, 2.45) is 0 Å². The Hall–Kier alpha value is -1.07. The van der Waals surface area contributed by atoms with Crippen LogP contribution in [-0.2, 0) is 4.74 Å². The van der Waals surface area contributed by atoms with E-state index < -0.39 is 11.7 Å². The summed E-state index contributed by atoms with van der Waals surface area (Å²) in [6, 6.07) is 7.35. The summed E-state index contributed by atoms with van der Waals surface area (Å²) >= 11 is 3.36. The molecule has 0 aliphatic carbocycles. The molecule has 0 saturated heterocycles. The first-order chi connectivity index (χ1) is 8.81. The minimum atomic E-state index is -0.534. The topological polar surface area (TPSA) is 58.6 Å². The third-order valence-corrected chi connectivity index (χ3v) is 2.91. The number of aliphatic hydroxyl groups excluding tert-OH is 1. The summed E-state index contributed by atoms with van der Waals surface area (Å²) in [4.78, 5) is 11.8. The van der Waals surface area contributed by atoms with Crippen molar-refractivity contribution in [3.8, 4) is 0 Å². The largest absolute Gasteiger partial charge is 0.444 e. The van der Waals surface area contributed by atoms with E-state index in [1.807, 2.05) is 45.0 Å². The average molecular weight is 330 g/mol. The van der Waals surface area contributed by atoms with Crippen molar-refractivity contribution >= 4 is 22.0 Å². The molecule has 0 radical (unpaired) electrons. The zero-order valence-electron chi connectivity index (χ0n) is 11.4. The van der Waals surface area contributed by atoms with Crippen LogP contribution in [0.4, 0.5) is 4.79 Å². The van der Waals surface area contributed by atoms with Gasteiger partial charge in [-0.3, -0.25) is 0 Å². The summed E-state index contributed by atoms with van der Waals surface area (Å²) in [5.41, 5.74) is 0.399. The number of rotatable bonds is 4. The van der Waals surface area contributed by atoms with Crippen LogP contribution in [0.3, 0.4) is 0 Å². The fourth-order valence-corrected chi connectivity index (χ4v) is 1.86. The molecule has 0 bridgehead atoms. The quantitative estimate of drug-likeness (QED) is 0.890. The Morgan fingerprint density at radius 1 is 1.37 bits per heavy atom. The van der Waals surface area contributed by atoms with Gasteiger partial charge in [-0.1, -0.05) is 28.1 Å². The van der Waals surface area contributed by atoms with E-state index in [1.54, 1.807) is 0 Å². The van der Waals surface area contributed by atoms with Crippen LogP contribution in [0, 0.1) is 0 Å². The third kappa shape index (κ3) is 6.07. The van der Waals surface area contributed by atoms with E-state index >= 15 is 0 Å². The van der Waals surface area contributed by atoms with Crippen molar-refractivity contribution in [1.82, 2.24) is 5.32 Å². The third-order valence-electron chi connectivity index (χ3n) is 2.38. The number of aliphatic hydroxyl groups is 1. The molecular formula is C14H20BrNO3. The second-order valence-corrected chi connectivity index (χ2v) is 6.18. The summed E-state index contributed by atoms with van der Waals surface area (Å²) in [7, 11) is 0. The number of ether oxygens (including phenoxy) is 1. The van der Waals surface area contributed by atoms with Gasteiger partial charge in [0.05, 0.1) is 6.04 Å². The summed E-state index contributed by atoms with van der Waals surface area (Å²) in [5, 5.41) is 11.9. The molecular weight excluding hydrogens is 310 g/mol. The highest BCUT2D eigenvalue weighted by atomic mass is 79.9. The first-order valence-electron chi connectivity index (χ1n) is 6.17. The molecule has 2 N–H and O–H groups in total. The van der Waals surface area contributed by atoms with Gasteiger partial charge in [0.25, 0.3) is 0 Å². The van der Waals surface area contributed by atoms with E-state index in [9.17, 15) is 4.79 Å². The van der Waals surface area contributed by atoms with Gasteiger partial charge in [0.15, 0.2) is 0 Å². The number of alkyl carbamates (subject to hydrolysis) is 1. The van der Waals surface area contributed by atoms with Crippen LogP contribution >= 0.6 is 15.9 Å². The number of carbonyl (C=O) groups is 1. The maximum atomic E-state index is 11.8. The predicted molar refractivity (Wildman–Crippen MR) is 78.0 cm³/mol. The van der Waals surface area contributed by atoms with Crippen LogP contribution < -0.4 is 5.32 Å². The predicted octanol–water partition coefficient (Wildman–Crippen LogP) is 3.40. The van der Waals surface area contributed by atoms with E-state index in [0.29, 0.717) is 6.42 Å². The SMILES string of the molecule is CC(C)(C)OC(=O)NC(CCO)c1ccc(Br)cc1. The molecule has 1 aromatic carbocycles. The van der Waals surface area contributed by atoms with Gasteiger partial charge in [-0.15, -0.1) is 0 Å². The van der Waals surface area contributed by atoms with Gasteiger partial charge < -0.3 is 15.2 Å². The van der Waals surface area contributed by atoms with Crippen LogP contribution in [0.2, 0.25) is 0 Å². The van der Waals surface area contributed by atoms with E-state index in [2.05, 4.69) is 21.2 Å². The molecule has 0 spiro atoms. The highest BCUT2D eigenvalue weighted by Crippen LogP contribution is 2.20. The fraction of sp³-hybridized carbons (Fsp3) is 0.500. The fourth-order valence-electron chi connectivity index (χ4n) is 1.60. The molecule has 106 valence electrons. The van der Waals surface area contributed by atoms with Crippen molar-refractivity contribution in [2.75, 3.05) is 6.61 Å². The van der Waals surface area contributed by atoms with Crippen molar-refractivity contribution in [1.29, 1.82) is 0 Å². The summed E-state index contributed by atoms with van der Waals surface area (Å²) in [6.45, 7) is 5.43. The van der Waals surface area contributed by atoms with E-state index in [-0.39, 0.29) is 12.6 Å². The molecule has 1 aromatic rings. The van der Waals surface area contributed by atoms with Gasteiger partial charge in [-0.25, -0.2) is 4.79 Å². The van der Waals surface area contributed by atoms with E-state index in [1.165, 1.54) is 0 Å². The Balaban J connectivity index is 2.73. The zero-order valence-corrected chi connectivity index (χ0v) is 13.0. The smallest absolute Gasteiger partial charge is 0.408 e. The number of nitrogens with one attached hydrogen (secondary N) is 1. The van der Waals surface area contributed by atoms with E-state index in [0.717, 1.165) is 10.0 Å². The highest BCUT2D eigenvalue weighted by molar-refractivity contribution is 9.10. The molecule has 0 fully saturated rings. The van der Waals surface area contributed by atoms with Gasteiger partial charge in [0, 0.05) is 11.1 Å². The van der Waals surface area contributed by atoms with Crippen molar-refractivity contribution < 1.29 is 14.6 Å². The zero-order chi connectivity index (χ0) is 14.5. The summed E-state index contributed by atoms with van der Waals surface area (Å²) in [6.07, 6.45) is -0.0326. The highest BCUT2D eigenvalue weighted by Gasteiger charge is 2.20. The second kappa shape index (κ2) is 6.91. The standard InChI is InChI=1S/C14H20BrNO3/c1-14(2,3)19-13(18)16-12(8-9-17)10-4-6-11(15)7-5-10/h4-7,12,17H,8-9H2,1-3H3,(H,16,18). The van der Waals surface area contributed by atoms with Crippen molar-refractivity contribution in [3.63, 3.8) is 0 Å². The maximum absolute atomic E-state index is 11.8. The van der Waals surface area contributed by atoms with Gasteiger partial charge in [0.2, 0.25) is 0 Å². The molecule has 4 nitrogen and oxygen atoms in total. The first kappa shape index (κ1) is 16.0. The number of hydrogen-bond donors (Lipinski definition) is 2. The normalized spacial score (nSPS) is 12.9. The van der Waals surface area contributed by atoms with Crippen LogP contribution in [0.1, 0.15) is 38.8 Å². The molecule has 5 heteroatoms. The lowest BCUT2D eigenvalue weighted by molar-refractivity contribution is 0.0496. The number of halogens is 1. The van der Waals surface area contributed by atoms with Gasteiger partial charge in [-0.05, 0) is 44.9 Å². The number of hydrogen-bond acceptors (Lipinski definition) is 3. The Morgan fingerprint density at radius 3 is 2.42 bits per heavy atom. The molecule has 0 aliphatic rings. The Labute approximate surface area is 122 Å². The lowest BCUT2D eigenvalue weighted by Crippen LogP contribution is -2.35. The number of carbonyl (C=O) groups excluding carboxylic acids is 1. The molecule has 1 amide bonds. The van der Waals surface area contributed by atoms with Gasteiger partial charge in [-0.2, -0.15) is 0 Å². The number of benzene rings is 1. The van der Waals surface area contributed by atoms with Crippen LogP contribution in [0.15, 0.2) is 28.7 Å². The van der Waals surface area contributed by atoms with Crippen LogP contribution in [-0.4, -0.2) is 23.4 Å². The summed E-state index contributed by atoms with van der Waals surface area (Å²) < 4.78 is 6.19. The van der Waals surface area contributed by atoms with Crippen molar-refractivity contribution in [2.45, 2.75) is 38.8 Å². The maximum Gasteiger partial charge on any atom is 0.408 e. The average Bonchev–Trinajstić information content (AvgIpc) is 2.27. The molecule has 0 aliphatic heterocycles. The van der Waals surface area contributed by atoms with E-state index in [4.69, 9.17) is 9.84 Å². The lowest BCUT2D eigenvalue weighted by atomic mass is 10.0. The van der Waals surface area contributed by atoms with Crippen LogP contribution in [0.25, 0.3) is 0 Å². The molecule has 1 atom stereocenters. The van der Waals surface area contributed by atoms with Crippen molar-refractivity contribution in [3.05, 3.63) is 34.3 Å². The van der Waals surface area contributed by atoms with Gasteiger partial charge in [0.1, 0.15) is 5.60 Å². The molecule has 19 heavy (non-hydrogen) atoms. The van der Waals surface area contributed by atoms with Gasteiger partial charge >= 0.3 is 6.09 Å². The number of amides is 1. The molecule has 0 saturated carbocycles. The first-order valence-corrected chi connectivity index (χ1v) is 6.97. The second-order valence-electron chi connectivity index (χ2n) is 5.26. The summed E-state index contributed by atoms with van der Waals surface area (Å²) in [5.74, 6) is 0. The molecule has 0 heterocycles. The Bertz CT molecular complexity index is 412. The van der Waals surface area contributed by atoms with Crippen LogP contribution in [0.5, 0.6) is 0 Å². The minimum Gasteiger partial charge on any atom is -0.444 e. The Kier molecular flexibility index (Phi) is 5.82. The monoisotopic (exact) mass is 329 g/mol. The molecule has 1 unspecified atom stereocenters. The Morgan fingerprint density at radius 2 is 1.95 bits per heavy atom. The molecule has 0 aromatic heterocycles.